The van der Waals surface area contributed by atoms with Gasteiger partial charge >= 0.3 is 12.4 Å². The molecule has 3 aromatic rings. The maximum atomic E-state index is 13.6. The standard InChI is InChI=1S/C27H30F6N6O/c1-4-22-9-24(10-23(5-2)39(22)16-40)38(25-34-11-18(12-35-25)19-13-36-37(3)15-19)14-17-6-20(26(28,29)30)8-21(7-17)27(31,32)33/h6-8,11-13,15-16,22-24H,4-5,9-10,14H2,1-3H3/t22-,23?,24?/m1/s1. The highest BCUT2D eigenvalue weighted by atomic mass is 19.4. The average molecular weight is 569 g/mol. The van der Waals surface area contributed by atoms with Gasteiger partial charge in [-0.1, -0.05) is 13.8 Å². The number of halogens is 6. The van der Waals surface area contributed by atoms with Crippen molar-refractivity contribution in [2.75, 3.05) is 4.90 Å². The van der Waals surface area contributed by atoms with Gasteiger partial charge in [-0.25, -0.2) is 9.97 Å². The first-order chi connectivity index (χ1) is 18.8. The van der Waals surface area contributed by atoms with Crippen LogP contribution in [0, 0.1) is 0 Å². The van der Waals surface area contributed by atoms with Gasteiger partial charge < -0.3 is 9.80 Å². The van der Waals surface area contributed by atoms with Crippen LogP contribution in [-0.4, -0.2) is 49.2 Å². The first-order valence-electron chi connectivity index (χ1n) is 12.9. The second kappa shape index (κ2) is 11.5. The minimum absolute atomic E-state index is 0.121. The van der Waals surface area contributed by atoms with Crippen LogP contribution in [0.25, 0.3) is 11.1 Å². The molecule has 0 spiro atoms. The summed E-state index contributed by atoms with van der Waals surface area (Å²) in [6.45, 7) is 3.59. The Balaban J connectivity index is 1.77. The molecule has 13 heteroatoms. The maximum Gasteiger partial charge on any atom is 0.416 e. The van der Waals surface area contributed by atoms with Crippen molar-refractivity contribution in [1.29, 1.82) is 0 Å². The Labute approximate surface area is 227 Å². The highest BCUT2D eigenvalue weighted by Gasteiger charge is 2.39. The third-order valence-electron chi connectivity index (χ3n) is 7.37. The van der Waals surface area contributed by atoms with E-state index in [9.17, 15) is 31.1 Å². The molecule has 0 N–H and O–H groups in total. The molecule has 216 valence electrons. The van der Waals surface area contributed by atoms with Gasteiger partial charge in [-0.05, 0) is 49.4 Å². The minimum atomic E-state index is -4.96. The zero-order valence-corrected chi connectivity index (χ0v) is 22.2. The lowest BCUT2D eigenvalue weighted by Crippen LogP contribution is -2.54. The molecule has 1 saturated heterocycles. The van der Waals surface area contributed by atoms with Crippen LogP contribution in [0.4, 0.5) is 32.3 Å². The third kappa shape index (κ3) is 6.39. The van der Waals surface area contributed by atoms with Gasteiger partial charge in [-0.2, -0.15) is 31.4 Å². The fraction of sp³-hybridized carbons (Fsp3) is 0.481. The highest BCUT2D eigenvalue weighted by Crippen LogP contribution is 2.38. The lowest BCUT2D eigenvalue weighted by Gasteiger charge is -2.46. The summed E-state index contributed by atoms with van der Waals surface area (Å²) in [5, 5.41) is 4.12. The molecule has 1 fully saturated rings. The Bertz CT molecular complexity index is 1260. The van der Waals surface area contributed by atoms with E-state index < -0.39 is 23.5 Å². The van der Waals surface area contributed by atoms with Crippen molar-refractivity contribution >= 4 is 12.4 Å². The number of aromatic nitrogens is 4. The summed E-state index contributed by atoms with van der Waals surface area (Å²) in [4.78, 5) is 24.2. The number of carbonyl (C=O) groups is 1. The van der Waals surface area contributed by atoms with Crippen LogP contribution in [0.3, 0.4) is 0 Å². The third-order valence-corrected chi connectivity index (χ3v) is 7.37. The molecule has 7 nitrogen and oxygen atoms in total. The second-order valence-electron chi connectivity index (χ2n) is 10.0. The number of nitrogens with zero attached hydrogens (tertiary/aromatic N) is 6. The summed E-state index contributed by atoms with van der Waals surface area (Å²) in [6.07, 6.45) is -0.404. The summed E-state index contributed by atoms with van der Waals surface area (Å²) in [5.74, 6) is 0.174. The van der Waals surface area contributed by atoms with Crippen molar-refractivity contribution in [3.63, 3.8) is 0 Å². The molecule has 40 heavy (non-hydrogen) atoms. The Hall–Kier alpha value is -3.64. The van der Waals surface area contributed by atoms with Crippen molar-refractivity contribution in [3.05, 3.63) is 59.7 Å². The molecule has 0 bridgehead atoms. The number of benzene rings is 1. The van der Waals surface area contributed by atoms with Gasteiger partial charge in [0.15, 0.2) is 0 Å². The van der Waals surface area contributed by atoms with Crippen LogP contribution in [-0.2, 0) is 30.7 Å². The van der Waals surface area contributed by atoms with Crippen molar-refractivity contribution < 1.29 is 31.1 Å². The minimum Gasteiger partial charge on any atom is -0.339 e. The molecule has 1 amide bonds. The average Bonchev–Trinajstić information content (AvgIpc) is 3.36. The number of aryl methyl sites for hydroxylation is 1. The van der Waals surface area contributed by atoms with E-state index in [1.165, 1.54) is 0 Å². The molecule has 2 aromatic heterocycles. The molecule has 1 aliphatic heterocycles. The summed E-state index contributed by atoms with van der Waals surface area (Å²) in [7, 11) is 1.75. The predicted octanol–water partition coefficient (Wildman–Crippen LogP) is 6.10. The Morgan fingerprint density at radius 1 is 0.900 bits per heavy atom. The van der Waals surface area contributed by atoms with E-state index in [4.69, 9.17) is 0 Å². The summed E-state index contributed by atoms with van der Waals surface area (Å²) < 4.78 is 83.1. The topological polar surface area (TPSA) is 67.2 Å². The van der Waals surface area contributed by atoms with Crippen molar-refractivity contribution in [1.82, 2.24) is 24.6 Å². The first-order valence-corrected chi connectivity index (χ1v) is 12.9. The zero-order valence-electron chi connectivity index (χ0n) is 22.2. The SMILES string of the molecule is CCC1CC(N(Cc2cc(C(F)(F)F)cc(C(F)(F)F)c2)c2ncc(-c3cnn(C)c3)cn2)C[C@@H](CC)N1C=O. The number of alkyl halides is 6. The van der Waals surface area contributed by atoms with Crippen LogP contribution in [0.2, 0.25) is 0 Å². The molecule has 0 aliphatic carbocycles. The highest BCUT2D eigenvalue weighted by molar-refractivity contribution is 5.60. The van der Waals surface area contributed by atoms with Crippen LogP contribution in [0.5, 0.6) is 0 Å². The zero-order chi connectivity index (χ0) is 29.2. The van der Waals surface area contributed by atoms with Crippen LogP contribution >= 0.6 is 0 Å². The fourth-order valence-corrected chi connectivity index (χ4v) is 5.31. The molecule has 1 aliphatic rings. The van der Waals surface area contributed by atoms with Crippen LogP contribution < -0.4 is 4.90 Å². The number of anilines is 1. The Morgan fingerprint density at radius 2 is 1.45 bits per heavy atom. The quantitative estimate of drug-likeness (QED) is 0.243. The Morgan fingerprint density at radius 3 is 1.88 bits per heavy atom. The van der Waals surface area contributed by atoms with E-state index in [2.05, 4.69) is 15.1 Å². The molecule has 3 atom stereocenters. The fourth-order valence-electron chi connectivity index (χ4n) is 5.31. The number of likely N-dealkylation sites (tertiary alicyclic amines) is 1. The molecular weight excluding hydrogens is 538 g/mol. The lowest BCUT2D eigenvalue weighted by atomic mass is 9.88. The number of amides is 1. The molecule has 0 radical (unpaired) electrons. The summed E-state index contributed by atoms with van der Waals surface area (Å²) >= 11 is 0. The van der Waals surface area contributed by atoms with Gasteiger partial charge in [0.2, 0.25) is 12.4 Å². The lowest BCUT2D eigenvalue weighted by molar-refractivity contribution is -0.143. The predicted molar refractivity (Wildman–Crippen MR) is 136 cm³/mol. The van der Waals surface area contributed by atoms with Crippen LogP contribution in [0.1, 0.15) is 56.2 Å². The molecule has 1 aromatic carbocycles. The largest absolute Gasteiger partial charge is 0.416 e. The summed E-state index contributed by atoms with van der Waals surface area (Å²) in [6, 6.07) is 0.967. The van der Waals surface area contributed by atoms with E-state index in [-0.39, 0.29) is 42.2 Å². The molecule has 3 heterocycles. The van der Waals surface area contributed by atoms with Gasteiger partial charge in [0, 0.05) is 61.4 Å². The smallest absolute Gasteiger partial charge is 0.339 e. The first kappa shape index (κ1) is 29.3. The number of carbonyl (C=O) groups excluding carboxylic acids is 1. The van der Waals surface area contributed by atoms with Crippen LogP contribution in [0.15, 0.2) is 43.0 Å². The maximum absolute atomic E-state index is 13.6. The van der Waals surface area contributed by atoms with Crippen molar-refractivity contribution in [3.8, 4) is 11.1 Å². The monoisotopic (exact) mass is 568 g/mol. The number of piperidine rings is 1. The van der Waals surface area contributed by atoms with Gasteiger partial charge in [-0.3, -0.25) is 9.48 Å². The van der Waals surface area contributed by atoms with Gasteiger partial charge in [-0.15, -0.1) is 0 Å². The van der Waals surface area contributed by atoms with E-state index in [1.807, 2.05) is 13.8 Å². The number of hydrogen-bond acceptors (Lipinski definition) is 5. The normalized spacial score (nSPS) is 20.0. The molecule has 0 saturated carbocycles. The molecular formula is C27H30F6N6O. The summed E-state index contributed by atoms with van der Waals surface area (Å²) in [5.41, 5.74) is -1.51. The number of hydrogen-bond donors (Lipinski definition) is 0. The van der Waals surface area contributed by atoms with Crippen molar-refractivity contribution in [2.24, 2.45) is 7.05 Å². The van der Waals surface area contributed by atoms with Crippen molar-refractivity contribution in [2.45, 2.75) is 76.6 Å². The second-order valence-corrected chi connectivity index (χ2v) is 10.0. The molecule has 2 unspecified atom stereocenters. The Kier molecular flexibility index (Phi) is 8.41. The van der Waals surface area contributed by atoms with Gasteiger partial charge in [0.05, 0.1) is 17.3 Å². The van der Waals surface area contributed by atoms with E-state index in [0.29, 0.717) is 31.2 Å². The van der Waals surface area contributed by atoms with E-state index in [0.717, 1.165) is 24.1 Å². The van der Waals surface area contributed by atoms with E-state index in [1.54, 1.807) is 46.3 Å². The van der Waals surface area contributed by atoms with E-state index >= 15 is 0 Å². The number of rotatable bonds is 8. The van der Waals surface area contributed by atoms with Gasteiger partial charge in [0.1, 0.15) is 0 Å². The molecule has 4 rings (SSSR count). The van der Waals surface area contributed by atoms with Gasteiger partial charge in [0.25, 0.3) is 0 Å².